The molecule has 2 heterocycles. The number of carbonyl (C=O) groups excluding carboxylic acids is 1. The van der Waals surface area contributed by atoms with Gasteiger partial charge in [0, 0.05) is 18.0 Å². The van der Waals surface area contributed by atoms with Gasteiger partial charge >= 0.3 is 0 Å². The van der Waals surface area contributed by atoms with Gasteiger partial charge < -0.3 is 21.5 Å². The Kier molecular flexibility index (Phi) is 7.18. The highest BCUT2D eigenvalue weighted by molar-refractivity contribution is 6.39. The Bertz CT molecular complexity index is 1260. The van der Waals surface area contributed by atoms with Crippen molar-refractivity contribution in [2.24, 2.45) is 11.7 Å². The van der Waals surface area contributed by atoms with Crippen molar-refractivity contribution in [1.82, 2.24) is 19.5 Å². The lowest BCUT2D eigenvalue weighted by atomic mass is 9.85. The number of anilines is 3. The topological polar surface area (TPSA) is 131 Å². The summed E-state index contributed by atoms with van der Waals surface area (Å²) in [5, 5.41) is 16.8. The molecule has 0 aliphatic heterocycles. The zero-order valence-corrected chi connectivity index (χ0v) is 21.1. The van der Waals surface area contributed by atoms with Crippen molar-refractivity contribution in [2.45, 2.75) is 69.6 Å². The SMILES string of the molecule is NC(=O)[C@H]1CC[C@@H](n2c(Nc3c(Cl)cc(F)cc3Cl)nc3cnc(NC4CCC[C@@H](O)C4)nc32)CC1. The van der Waals surface area contributed by atoms with Crippen molar-refractivity contribution in [3.05, 3.63) is 34.2 Å². The van der Waals surface area contributed by atoms with Gasteiger partial charge in [-0.25, -0.2) is 14.4 Å². The Morgan fingerprint density at radius 2 is 1.83 bits per heavy atom. The maximum atomic E-state index is 13.8. The van der Waals surface area contributed by atoms with Crippen LogP contribution in [0.25, 0.3) is 11.2 Å². The first-order valence-electron chi connectivity index (χ1n) is 12.2. The van der Waals surface area contributed by atoms with Crippen molar-refractivity contribution in [1.29, 1.82) is 0 Å². The average molecular weight is 536 g/mol. The Hall–Kier alpha value is -2.69. The number of fused-ring (bicyclic) bond motifs is 1. The summed E-state index contributed by atoms with van der Waals surface area (Å²) < 4.78 is 15.7. The number of aliphatic hydroxyl groups excluding tert-OH is 1. The summed E-state index contributed by atoms with van der Waals surface area (Å²) in [4.78, 5) is 25.6. The first-order valence-corrected chi connectivity index (χ1v) is 12.9. The zero-order valence-electron chi connectivity index (χ0n) is 19.6. The molecule has 2 aromatic heterocycles. The molecular weight excluding hydrogens is 508 g/mol. The molecule has 9 nitrogen and oxygen atoms in total. The van der Waals surface area contributed by atoms with Gasteiger partial charge in [-0.15, -0.1) is 0 Å². The number of rotatable bonds is 6. The van der Waals surface area contributed by atoms with Crippen molar-refractivity contribution in [3.8, 4) is 0 Å². The fraction of sp³-hybridized carbons (Fsp3) is 0.500. The smallest absolute Gasteiger partial charge is 0.224 e. The van der Waals surface area contributed by atoms with Crippen molar-refractivity contribution >= 4 is 57.9 Å². The molecule has 2 aliphatic rings. The third-order valence-electron chi connectivity index (χ3n) is 7.12. The molecule has 2 saturated carbocycles. The number of hydrogen-bond acceptors (Lipinski definition) is 7. The molecule has 2 fully saturated rings. The highest BCUT2D eigenvalue weighted by atomic mass is 35.5. The summed E-state index contributed by atoms with van der Waals surface area (Å²) in [6, 6.07) is 2.44. The molecule has 1 unspecified atom stereocenters. The lowest BCUT2D eigenvalue weighted by Gasteiger charge is -2.29. The standard InChI is InChI=1S/C24H28Cl2FN7O2/c25-17-8-13(27)9-18(26)20(17)32-24-31-19-11-29-23(30-14-2-1-3-16(35)10-14)33-22(19)34(24)15-6-4-12(5-7-15)21(28)36/h8-9,11-12,14-16,35H,1-7,10H2,(H2,28,36)(H,31,32)(H,29,30,33)/t12-,14?,15+,16-/m1/s1. The van der Waals surface area contributed by atoms with Gasteiger partial charge in [-0.1, -0.05) is 23.2 Å². The second-order valence-electron chi connectivity index (χ2n) is 9.65. The molecule has 12 heteroatoms. The zero-order chi connectivity index (χ0) is 25.4. The van der Waals surface area contributed by atoms with E-state index in [1.807, 2.05) is 4.57 Å². The van der Waals surface area contributed by atoms with Crippen LogP contribution in [0, 0.1) is 11.7 Å². The normalized spacial score (nSPS) is 24.6. The summed E-state index contributed by atoms with van der Waals surface area (Å²) in [5.74, 6) is -0.0719. The van der Waals surface area contributed by atoms with E-state index < -0.39 is 5.82 Å². The first kappa shape index (κ1) is 25.0. The Balaban J connectivity index is 1.51. The number of imidazole rings is 1. The van der Waals surface area contributed by atoms with Gasteiger partial charge in [0.05, 0.1) is 28.0 Å². The molecule has 3 aromatic rings. The van der Waals surface area contributed by atoms with Crippen LogP contribution in [-0.4, -0.2) is 42.7 Å². The molecule has 0 spiro atoms. The summed E-state index contributed by atoms with van der Waals surface area (Å²) >= 11 is 12.6. The van der Waals surface area contributed by atoms with Crippen LogP contribution in [0.2, 0.25) is 10.0 Å². The molecule has 5 rings (SSSR count). The van der Waals surface area contributed by atoms with Crippen molar-refractivity contribution in [2.75, 3.05) is 10.6 Å². The third kappa shape index (κ3) is 5.21. The first-order chi connectivity index (χ1) is 17.3. The molecule has 192 valence electrons. The molecule has 2 atom stereocenters. The Morgan fingerprint density at radius 1 is 1.11 bits per heavy atom. The Labute approximate surface area is 217 Å². The van der Waals surface area contributed by atoms with Crippen LogP contribution < -0.4 is 16.4 Å². The minimum absolute atomic E-state index is 0.00893. The van der Waals surface area contributed by atoms with Gasteiger partial charge in [-0.2, -0.15) is 4.98 Å². The van der Waals surface area contributed by atoms with Crippen LogP contribution in [0.1, 0.15) is 57.4 Å². The van der Waals surface area contributed by atoms with Gasteiger partial charge in [0.1, 0.15) is 11.3 Å². The minimum Gasteiger partial charge on any atom is -0.393 e. The number of carbonyl (C=O) groups is 1. The second-order valence-corrected chi connectivity index (χ2v) is 10.5. The van der Waals surface area contributed by atoms with E-state index in [1.165, 1.54) is 12.1 Å². The number of hydrogen-bond donors (Lipinski definition) is 4. The van der Waals surface area contributed by atoms with E-state index in [-0.39, 0.29) is 40.1 Å². The third-order valence-corrected chi connectivity index (χ3v) is 7.72. The molecule has 0 bridgehead atoms. The van der Waals surface area contributed by atoms with Gasteiger partial charge in [0.15, 0.2) is 5.65 Å². The molecule has 0 radical (unpaired) electrons. The van der Waals surface area contributed by atoms with Gasteiger partial charge in [0.25, 0.3) is 0 Å². The monoisotopic (exact) mass is 535 g/mol. The van der Waals surface area contributed by atoms with E-state index in [0.29, 0.717) is 60.9 Å². The molecular formula is C24H28Cl2FN7O2. The van der Waals surface area contributed by atoms with Crippen LogP contribution in [-0.2, 0) is 4.79 Å². The summed E-state index contributed by atoms with van der Waals surface area (Å²) in [6.07, 6.45) is 7.38. The number of primary amides is 1. The largest absolute Gasteiger partial charge is 0.393 e. The van der Waals surface area contributed by atoms with E-state index in [0.717, 1.165) is 19.3 Å². The van der Waals surface area contributed by atoms with E-state index in [1.54, 1.807) is 6.20 Å². The molecule has 1 aromatic carbocycles. The molecule has 36 heavy (non-hydrogen) atoms. The van der Waals surface area contributed by atoms with Crippen molar-refractivity contribution in [3.63, 3.8) is 0 Å². The van der Waals surface area contributed by atoms with Crippen LogP contribution >= 0.6 is 23.2 Å². The summed E-state index contributed by atoms with van der Waals surface area (Å²) in [7, 11) is 0. The number of aromatic nitrogens is 4. The van der Waals surface area contributed by atoms with E-state index >= 15 is 0 Å². The van der Waals surface area contributed by atoms with E-state index in [9.17, 15) is 14.3 Å². The maximum Gasteiger partial charge on any atom is 0.224 e. The summed E-state index contributed by atoms with van der Waals surface area (Å²) in [6.45, 7) is 0. The van der Waals surface area contributed by atoms with Crippen LogP contribution in [0.4, 0.5) is 22.0 Å². The number of nitrogens with two attached hydrogens (primary N) is 1. The van der Waals surface area contributed by atoms with Gasteiger partial charge in [-0.05, 0) is 63.5 Å². The lowest BCUT2D eigenvalue weighted by molar-refractivity contribution is -0.122. The van der Waals surface area contributed by atoms with Crippen LogP contribution in [0.5, 0.6) is 0 Å². The summed E-state index contributed by atoms with van der Waals surface area (Å²) in [5.41, 5.74) is 7.06. The molecule has 1 amide bonds. The fourth-order valence-electron chi connectivity index (χ4n) is 5.26. The maximum absolute atomic E-state index is 13.8. The highest BCUT2D eigenvalue weighted by Crippen LogP contribution is 2.39. The predicted molar refractivity (Wildman–Crippen MR) is 137 cm³/mol. The number of amides is 1. The molecule has 0 saturated heterocycles. The quantitative estimate of drug-likeness (QED) is 0.351. The lowest BCUT2D eigenvalue weighted by Crippen LogP contribution is -2.30. The van der Waals surface area contributed by atoms with Crippen LogP contribution in [0.15, 0.2) is 18.3 Å². The van der Waals surface area contributed by atoms with Gasteiger partial charge in [-0.3, -0.25) is 9.36 Å². The van der Waals surface area contributed by atoms with Crippen molar-refractivity contribution < 1.29 is 14.3 Å². The number of nitrogens with zero attached hydrogens (tertiary/aromatic N) is 4. The fourth-order valence-corrected chi connectivity index (χ4v) is 5.82. The highest BCUT2D eigenvalue weighted by Gasteiger charge is 2.30. The van der Waals surface area contributed by atoms with Gasteiger partial charge in [0.2, 0.25) is 17.8 Å². The van der Waals surface area contributed by atoms with E-state index in [4.69, 9.17) is 38.9 Å². The predicted octanol–water partition coefficient (Wildman–Crippen LogP) is 4.95. The number of benzene rings is 1. The number of halogens is 3. The second kappa shape index (κ2) is 10.4. The molecule has 5 N–H and O–H groups in total. The number of aliphatic hydroxyl groups is 1. The minimum atomic E-state index is -0.539. The average Bonchev–Trinajstić information content (AvgIpc) is 3.18. The Morgan fingerprint density at radius 3 is 2.50 bits per heavy atom. The van der Waals surface area contributed by atoms with Crippen LogP contribution in [0.3, 0.4) is 0 Å². The number of nitrogens with one attached hydrogen (secondary N) is 2. The van der Waals surface area contributed by atoms with E-state index in [2.05, 4.69) is 15.6 Å². The molecule has 2 aliphatic carbocycles.